The maximum Gasteiger partial charge on any atom is 0.220 e. The van der Waals surface area contributed by atoms with Crippen LogP contribution in [0.1, 0.15) is 25.2 Å². The van der Waals surface area contributed by atoms with Gasteiger partial charge in [0, 0.05) is 30.0 Å². The smallest absolute Gasteiger partial charge is 0.220 e. The Labute approximate surface area is 134 Å². The minimum absolute atomic E-state index is 0.00302. The molecule has 6 heteroatoms. The second kappa shape index (κ2) is 8.56. The number of aromatic nitrogens is 1. The van der Waals surface area contributed by atoms with Crippen molar-refractivity contribution in [1.82, 2.24) is 10.3 Å². The number of halogens is 1. The van der Waals surface area contributed by atoms with Crippen LogP contribution < -0.4 is 11.1 Å². The molecule has 1 heterocycles. The Kier molecular flexibility index (Phi) is 6.43. The zero-order valence-electron chi connectivity index (χ0n) is 12.3. The molecule has 0 aliphatic rings. The van der Waals surface area contributed by atoms with E-state index >= 15 is 0 Å². The molecule has 0 saturated heterocycles. The monoisotopic (exact) mass is 321 g/mol. The highest BCUT2D eigenvalue weighted by atomic mass is 35.5. The number of rotatable bonds is 8. The first-order chi connectivity index (χ1) is 10.7. The lowest BCUT2D eigenvalue weighted by Gasteiger charge is -2.03. The van der Waals surface area contributed by atoms with E-state index in [1.807, 2.05) is 12.1 Å². The van der Waals surface area contributed by atoms with Crippen molar-refractivity contribution in [3.63, 3.8) is 0 Å². The summed E-state index contributed by atoms with van der Waals surface area (Å²) in [6, 6.07) is 7.34. The first-order valence-electron chi connectivity index (χ1n) is 7.36. The Bertz CT molecular complexity index is 596. The van der Waals surface area contributed by atoms with Crippen molar-refractivity contribution in [3.05, 3.63) is 41.4 Å². The maximum atomic E-state index is 11.7. The van der Waals surface area contributed by atoms with Gasteiger partial charge < -0.3 is 15.5 Å². The van der Waals surface area contributed by atoms with Crippen molar-refractivity contribution >= 4 is 17.5 Å². The van der Waals surface area contributed by atoms with Gasteiger partial charge in [-0.05, 0) is 43.7 Å². The Hall–Kier alpha value is -1.85. The average Bonchev–Trinajstić information content (AvgIpc) is 2.99. The summed E-state index contributed by atoms with van der Waals surface area (Å²) >= 11 is 5.85. The number of benzene rings is 1. The summed E-state index contributed by atoms with van der Waals surface area (Å²) in [6.07, 6.45) is 4.34. The fourth-order valence-electron chi connectivity index (χ4n) is 1.98. The molecule has 0 spiro atoms. The third-order valence-electron chi connectivity index (χ3n) is 3.20. The van der Waals surface area contributed by atoms with Crippen LogP contribution in [0, 0.1) is 0 Å². The van der Waals surface area contributed by atoms with Crippen molar-refractivity contribution in [2.75, 3.05) is 13.1 Å². The van der Waals surface area contributed by atoms with E-state index in [2.05, 4.69) is 10.3 Å². The van der Waals surface area contributed by atoms with Gasteiger partial charge >= 0.3 is 0 Å². The second-order valence-electron chi connectivity index (χ2n) is 4.97. The predicted molar refractivity (Wildman–Crippen MR) is 86.6 cm³/mol. The summed E-state index contributed by atoms with van der Waals surface area (Å²) in [6.45, 7) is 1.32. The lowest BCUT2D eigenvalue weighted by molar-refractivity contribution is -0.121. The number of aryl methyl sites for hydroxylation is 1. The van der Waals surface area contributed by atoms with Crippen LogP contribution in [-0.4, -0.2) is 24.0 Å². The molecule has 1 aromatic carbocycles. The van der Waals surface area contributed by atoms with Gasteiger partial charge in [-0.15, -0.1) is 0 Å². The van der Waals surface area contributed by atoms with Crippen LogP contribution in [0.5, 0.6) is 0 Å². The molecule has 1 aromatic heterocycles. The zero-order chi connectivity index (χ0) is 15.8. The lowest BCUT2D eigenvalue weighted by Crippen LogP contribution is -2.25. The molecular formula is C16H20ClN3O2. The molecule has 0 unspecified atom stereocenters. The fraction of sp³-hybridized carbons (Fsp3) is 0.375. The van der Waals surface area contributed by atoms with Crippen LogP contribution in [0.15, 0.2) is 34.9 Å². The number of nitrogens with one attached hydrogen (secondary N) is 1. The molecule has 0 saturated carbocycles. The molecule has 0 bridgehead atoms. The predicted octanol–water partition coefficient (Wildman–Crippen LogP) is 2.78. The molecule has 0 atom stereocenters. The number of nitrogens with zero attached hydrogens (tertiary/aromatic N) is 1. The van der Waals surface area contributed by atoms with Crippen LogP contribution in [0.2, 0.25) is 5.02 Å². The molecule has 118 valence electrons. The maximum absolute atomic E-state index is 11.7. The average molecular weight is 322 g/mol. The van der Waals surface area contributed by atoms with Crippen molar-refractivity contribution in [1.29, 1.82) is 0 Å². The number of unbranched alkanes of at least 4 members (excludes halogenated alkanes) is 1. The largest absolute Gasteiger partial charge is 0.441 e. The number of nitrogens with two attached hydrogens (primary N) is 1. The minimum atomic E-state index is 0.00302. The summed E-state index contributed by atoms with van der Waals surface area (Å²) in [5, 5.41) is 3.53. The third kappa shape index (κ3) is 5.16. The van der Waals surface area contributed by atoms with Gasteiger partial charge in [0.05, 0.1) is 6.20 Å². The highest BCUT2D eigenvalue weighted by Gasteiger charge is 2.08. The summed E-state index contributed by atoms with van der Waals surface area (Å²) < 4.78 is 5.65. The van der Waals surface area contributed by atoms with Gasteiger partial charge in [-0.3, -0.25) is 4.79 Å². The summed E-state index contributed by atoms with van der Waals surface area (Å²) in [5.41, 5.74) is 6.31. The van der Waals surface area contributed by atoms with E-state index in [4.69, 9.17) is 21.8 Å². The van der Waals surface area contributed by atoms with Gasteiger partial charge in [-0.1, -0.05) is 11.6 Å². The van der Waals surface area contributed by atoms with Crippen LogP contribution in [0.4, 0.5) is 0 Å². The van der Waals surface area contributed by atoms with Gasteiger partial charge in [0.25, 0.3) is 0 Å². The number of hydrogen-bond donors (Lipinski definition) is 2. The first kappa shape index (κ1) is 16.5. The topological polar surface area (TPSA) is 81.1 Å². The van der Waals surface area contributed by atoms with Gasteiger partial charge in [-0.2, -0.15) is 0 Å². The van der Waals surface area contributed by atoms with E-state index in [0.29, 0.717) is 42.6 Å². The number of carbonyl (C=O) groups excluding carboxylic acids is 1. The first-order valence-corrected chi connectivity index (χ1v) is 7.74. The van der Waals surface area contributed by atoms with Gasteiger partial charge in [0.15, 0.2) is 11.7 Å². The minimum Gasteiger partial charge on any atom is -0.441 e. The molecule has 1 amide bonds. The van der Waals surface area contributed by atoms with Crippen molar-refractivity contribution < 1.29 is 9.21 Å². The Morgan fingerprint density at radius 1 is 1.27 bits per heavy atom. The third-order valence-corrected chi connectivity index (χ3v) is 3.45. The van der Waals surface area contributed by atoms with Gasteiger partial charge in [0.1, 0.15) is 0 Å². The fourth-order valence-corrected chi connectivity index (χ4v) is 2.11. The molecule has 0 aliphatic carbocycles. The van der Waals surface area contributed by atoms with Crippen LogP contribution in [-0.2, 0) is 11.2 Å². The summed E-state index contributed by atoms with van der Waals surface area (Å²) in [4.78, 5) is 15.9. The molecule has 2 rings (SSSR count). The highest BCUT2D eigenvalue weighted by Crippen LogP contribution is 2.22. The zero-order valence-corrected chi connectivity index (χ0v) is 13.1. The molecule has 2 aromatic rings. The molecular weight excluding hydrogens is 302 g/mol. The van der Waals surface area contributed by atoms with E-state index < -0.39 is 0 Å². The SMILES string of the molecule is NCCCCNC(=O)CCc1ncc(-c2ccc(Cl)cc2)o1. The quantitative estimate of drug-likeness (QED) is 0.732. The van der Waals surface area contributed by atoms with Crippen LogP contribution in [0.3, 0.4) is 0 Å². The molecule has 0 radical (unpaired) electrons. The number of amides is 1. The van der Waals surface area contributed by atoms with E-state index in [1.54, 1.807) is 18.3 Å². The van der Waals surface area contributed by atoms with E-state index in [-0.39, 0.29) is 5.91 Å². The molecule has 5 nitrogen and oxygen atoms in total. The molecule has 0 aliphatic heterocycles. The van der Waals surface area contributed by atoms with E-state index in [9.17, 15) is 4.79 Å². The van der Waals surface area contributed by atoms with Gasteiger partial charge in [-0.25, -0.2) is 4.98 Å². The number of oxazole rings is 1. The molecule has 3 N–H and O–H groups in total. The highest BCUT2D eigenvalue weighted by molar-refractivity contribution is 6.30. The van der Waals surface area contributed by atoms with Crippen molar-refractivity contribution in [2.45, 2.75) is 25.7 Å². The Morgan fingerprint density at radius 3 is 2.77 bits per heavy atom. The Balaban J connectivity index is 1.79. The lowest BCUT2D eigenvalue weighted by atomic mass is 10.2. The number of carbonyl (C=O) groups is 1. The summed E-state index contributed by atoms with van der Waals surface area (Å²) in [5.74, 6) is 1.24. The van der Waals surface area contributed by atoms with Crippen molar-refractivity contribution in [3.8, 4) is 11.3 Å². The van der Waals surface area contributed by atoms with E-state index in [0.717, 1.165) is 18.4 Å². The Morgan fingerprint density at radius 2 is 2.05 bits per heavy atom. The summed E-state index contributed by atoms with van der Waals surface area (Å²) in [7, 11) is 0. The van der Waals surface area contributed by atoms with Gasteiger partial charge in [0.2, 0.25) is 5.91 Å². The standard InChI is InChI=1S/C16H20ClN3O2/c17-13-5-3-12(4-6-13)14-11-20-16(22-14)8-7-15(21)19-10-2-1-9-18/h3-6,11H,1-2,7-10,18H2,(H,19,21). The normalized spacial score (nSPS) is 10.6. The molecule has 22 heavy (non-hydrogen) atoms. The second-order valence-corrected chi connectivity index (χ2v) is 5.41. The molecule has 0 fully saturated rings. The van der Waals surface area contributed by atoms with Crippen LogP contribution >= 0.6 is 11.6 Å². The number of hydrogen-bond acceptors (Lipinski definition) is 4. The van der Waals surface area contributed by atoms with Crippen LogP contribution in [0.25, 0.3) is 11.3 Å². The van der Waals surface area contributed by atoms with E-state index in [1.165, 1.54) is 0 Å². The van der Waals surface area contributed by atoms with Crippen molar-refractivity contribution in [2.24, 2.45) is 5.73 Å².